The predicted octanol–water partition coefficient (Wildman–Crippen LogP) is 4.33. The molecule has 7 heteroatoms. The predicted molar refractivity (Wildman–Crippen MR) is 111 cm³/mol. The van der Waals surface area contributed by atoms with Crippen molar-refractivity contribution in [1.82, 2.24) is 10.5 Å². The van der Waals surface area contributed by atoms with Crippen LogP contribution in [0.4, 0.5) is 10.3 Å². The highest BCUT2D eigenvalue weighted by Crippen LogP contribution is 2.34. The van der Waals surface area contributed by atoms with E-state index >= 15 is 0 Å². The van der Waals surface area contributed by atoms with Crippen LogP contribution >= 0.6 is 0 Å². The fourth-order valence-corrected chi connectivity index (χ4v) is 2.91. The zero-order valence-electron chi connectivity index (χ0n) is 16.5. The van der Waals surface area contributed by atoms with Gasteiger partial charge in [0.15, 0.2) is 5.96 Å². The van der Waals surface area contributed by atoms with E-state index in [1.807, 2.05) is 50.2 Å². The zero-order chi connectivity index (χ0) is 21.0. The Morgan fingerprint density at radius 2 is 1.90 bits per heavy atom. The van der Waals surface area contributed by atoms with Crippen LogP contribution in [0.1, 0.15) is 32.0 Å². The van der Waals surface area contributed by atoms with Gasteiger partial charge in [0.05, 0.1) is 12.2 Å². The maximum absolute atomic E-state index is 14.8. The summed E-state index contributed by atoms with van der Waals surface area (Å²) in [6, 6.07) is 16.2. The van der Waals surface area contributed by atoms with Crippen LogP contribution in [0, 0.1) is 11.2 Å². The molecule has 0 aliphatic heterocycles. The van der Waals surface area contributed by atoms with Crippen molar-refractivity contribution in [1.29, 1.82) is 5.41 Å². The molecule has 0 unspecified atom stereocenters. The summed E-state index contributed by atoms with van der Waals surface area (Å²) in [7, 11) is 0. The third-order valence-electron chi connectivity index (χ3n) is 4.69. The average molecular weight is 394 g/mol. The van der Waals surface area contributed by atoms with Crippen molar-refractivity contribution in [2.75, 3.05) is 11.9 Å². The second-order valence-electron chi connectivity index (χ2n) is 7.32. The Bertz CT molecular complexity index is 1030. The van der Waals surface area contributed by atoms with E-state index in [4.69, 9.17) is 9.93 Å². The second-order valence-corrected chi connectivity index (χ2v) is 7.32. The molecule has 0 aliphatic carbocycles. The number of rotatable bonds is 6. The molecule has 0 aliphatic rings. The Morgan fingerprint density at radius 3 is 2.55 bits per heavy atom. The summed E-state index contributed by atoms with van der Waals surface area (Å²) in [6.45, 7) is 5.32. The van der Waals surface area contributed by atoms with Crippen LogP contribution in [0.2, 0.25) is 0 Å². The smallest absolute Gasteiger partial charge is 0.231 e. The molecule has 29 heavy (non-hydrogen) atoms. The number of halogens is 1. The minimum Gasteiger partial charge on any atom is -0.349 e. The van der Waals surface area contributed by atoms with E-state index in [0.29, 0.717) is 11.3 Å². The van der Waals surface area contributed by atoms with Gasteiger partial charge in [-0.15, -0.1) is 0 Å². The van der Waals surface area contributed by atoms with E-state index < -0.39 is 5.41 Å². The highest BCUT2D eigenvalue weighted by molar-refractivity contribution is 5.92. The maximum Gasteiger partial charge on any atom is 0.231 e. The highest BCUT2D eigenvalue weighted by atomic mass is 19.1. The minimum absolute atomic E-state index is 0.0470. The molecular weight excluding hydrogens is 371 g/mol. The quantitative estimate of drug-likeness (QED) is 0.428. The molecular formula is C22H23FN4O2. The fourth-order valence-electron chi connectivity index (χ4n) is 2.91. The summed E-state index contributed by atoms with van der Waals surface area (Å²) in [6.07, 6.45) is 0. The van der Waals surface area contributed by atoms with Crippen LogP contribution in [-0.2, 0) is 10.2 Å². The minimum atomic E-state index is -0.617. The molecule has 2 aromatic carbocycles. The zero-order valence-corrected chi connectivity index (χ0v) is 16.5. The van der Waals surface area contributed by atoms with Crippen LogP contribution in [0.3, 0.4) is 0 Å². The monoisotopic (exact) mass is 394 g/mol. The SMILES string of the molecule is CC(=O)CNC(=N)Nc1cc(C(C)(C)c2ccc(-c3ccccc3)c(F)c2)no1. The van der Waals surface area contributed by atoms with Crippen molar-refractivity contribution in [3.05, 3.63) is 71.7 Å². The van der Waals surface area contributed by atoms with Crippen molar-refractivity contribution >= 4 is 17.6 Å². The molecule has 0 bridgehead atoms. The first-order valence-corrected chi connectivity index (χ1v) is 9.19. The van der Waals surface area contributed by atoms with Gasteiger partial charge < -0.3 is 9.84 Å². The first-order valence-electron chi connectivity index (χ1n) is 9.19. The molecule has 0 atom stereocenters. The van der Waals surface area contributed by atoms with Gasteiger partial charge in [0.1, 0.15) is 11.6 Å². The molecule has 6 nitrogen and oxygen atoms in total. The van der Waals surface area contributed by atoms with Gasteiger partial charge in [-0.25, -0.2) is 4.39 Å². The third-order valence-corrected chi connectivity index (χ3v) is 4.69. The standard InChI is InChI=1S/C22H23FN4O2/c1-14(28)13-25-21(24)26-20-12-19(27-29-20)22(2,3)16-9-10-17(18(23)11-16)15-7-5-4-6-8-15/h4-12H,13H2,1-3H3,(H3,24,25,26). The first kappa shape index (κ1) is 20.3. The number of Topliss-reactive ketones (excluding diaryl/α,β-unsaturated/α-hetero) is 1. The van der Waals surface area contributed by atoms with Crippen molar-refractivity contribution in [2.24, 2.45) is 0 Å². The number of guanidine groups is 1. The number of aromatic nitrogens is 1. The van der Waals surface area contributed by atoms with Crippen LogP contribution in [0.5, 0.6) is 0 Å². The number of nitrogens with zero attached hydrogens (tertiary/aromatic N) is 1. The van der Waals surface area contributed by atoms with Crippen LogP contribution in [0.15, 0.2) is 59.1 Å². The van der Waals surface area contributed by atoms with E-state index in [-0.39, 0.29) is 30.0 Å². The Hall–Kier alpha value is -3.48. The summed E-state index contributed by atoms with van der Waals surface area (Å²) in [5.74, 6) is -0.204. The number of nitrogens with one attached hydrogen (secondary N) is 3. The van der Waals surface area contributed by atoms with Gasteiger partial charge in [-0.05, 0) is 24.1 Å². The van der Waals surface area contributed by atoms with Gasteiger partial charge in [-0.2, -0.15) is 0 Å². The fraction of sp³-hybridized carbons (Fsp3) is 0.227. The molecule has 3 N–H and O–H groups in total. The number of anilines is 1. The number of hydrogen-bond donors (Lipinski definition) is 3. The number of ketones is 1. The number of benzene rings is 2. The molecule has 0 fully saturated rings. The Morgan fingerprint density at radius 1 is 1.17 bits per heavy atom. The van der Waals surface area contributed by atoms with E-state index in [9.17, 15) is 9.18 Å². The molecule has 0 saturated carbocycles. The summed E-state index contributed by atoms with van der Waals surface area (Å²) < 4.78 is 20.0. The van der Waals surface area contributed by atoms with Gasteiger partial charge in [-0.3, -0.25) is 15.5 Å². The van der Waals surface area contributed by atoms with Crippen LogP contribution in [0.25, 0.3) is 11.1 Å². The van der Waals surface area contributed by atoms with E-state index in [0.717, 1.165) is 11.1 Å². The lowest BCUT2D eigenvalue weighted by Crippen LogP contribution is -2.33. The van der Waals surface area contributed by atoms with Gasteiger partial charge >= 0.3 is 0 Å². The largest absolute Gasteiger partial charge is 0.349 e. The number of carbonyl (C=O) groups is 1. The van der Waals surface area contributed by atoms with Crippen molar-refractivity contribution in [3.8, 4) is 11.1 Å². The topological polar surface area (TPSA) is 91.0 Å². The van der Waals surface area contributed by atoms with Gasteiger partial charge in [0.2, 0.25) is 5.88 Å². The van der Waals surface area contributed by atoms with Gasteiger partial charge in [-0.1, -0.05) is 61.5 Å². The van der Waals surface area contributed by atoms with E-state index in [1.54, 1.807) is 12.1 Å². The van der Waals surface area contributed by atoms with Crippen molar-refractivity contribution in [2.45, 2.75) is 26.2 Å². The number of hydrogen-bond acceptors (Lipinski definition) is 4. The summed E-state index contributed by atoms with van der Waals surface area (Å²) in [4.78, 5) is 11.0. The Labute approximate surface area is 168 Å². The maximum atomic E-state index is 14.8. The lowest BCUT2D eigenvalue weighted by molar-refractivity contribution is -0.115. The normalized spacial score (nSPS) is 11.2. The van der Waals surface area contributed by atoms with Gasteiger partial charge in [0.25, 0.3) is 0 Å². The lowest BCUT2D eigenvalue weighted by atomic mass is 9.81. The molecule has 3 rings (SSSR count). The second kappa shape index (κ2) is 8.26. The Balaban J connectivity index is 1.79. The van der Waals surface area contributed by atoms with E-state index in [2.05, 4.69) is 15.8 Å². The average Bonchev–Trinajstić information content (AvgIpc) is 3.16. The molecule has 1 heterocycles. The third kappa shape index (κ3) is 4.68. The summed E-state index contributed by atoms with van der Waals surface area (Å²) in [5.41, 5.74) is 2.08. The van der Waals surface area contributed by atoms with E-state index in [1.165, 1.54) is 13.0 Å². The van der Waals surface area contributed by atoms with Crippen LogP contribution < -0.4 is 10.6 Å². The summed E-state index contributed by atoms with van der Waals surface area (Å²) >= 11 is 0. The van der Waals surface area contributed by atoms with Crippen molar-refractivity contribution in [3.63, 3.8) is 0 Å². The van der Waals surface area contributed by atoms with Crippen molar-refractivity contribution < 1.29 is 13.7 Å². The van der Waals surface area contributed by atoms with Gasteiger partial charge in [0, 0.05) is 17.0 Å². The Kier molecular flexibility index (Phi) is 5.77. The first-order chi connectivity index (χ1) is 13.8. The molecule has 3 aromatic rings. The molecule has 1 aromatic heterocycles. The van der Waals surface area contributed by atoms with Crippen LogP contribution in [-0.4, -0.2) is 23.4 Å². The molecule has 0 saturated heterocycles. The molecule has 0 radical (unpaired) electrons. The molecule has 0 spiro atoms. The molecule has 150 valence electrons. The lowest BCUT2D eigenvalue weighted by Gasteiger charge is -2.23. The summed E-state index contributed by atoms with van der Waals surface area (Å²) in [5, 5.41) is 17.2. The molecule has 0 amide bonds. The highest BCUT2D eigenvalue weighted by Gasteiger charge is 2.28. The number of carbonyl (C=O) groups excluding carboxylic acids is 1.